The minimum absolute atomic E-state index is 0.0483. The molecule has 2 fully saturated rings. The van der Waals surface area contributed by atoms with Crippen LogP contribution in [-0.2, 0) is 4.79 Å². The highest BCUT2D eigenvalue weighted by Crippen LogP contribution is 2.47. The van der Waals surface area contributed by atoms with Gasteiger partial charge < -0.3 is 14.3 Å². The Morgan fingerprint density at radius 1 is 1.31 bits per heavy atom. The van der Waals surface area contributed by atoms with Crippen LogP contribution in [0, 0.1) is 5.92 Å². The zero-order valence-electron chi connectivity index (χ0n) is 13.8. The number of furan rings is 1. The zero-order valence-corrected chi connectivity index (χ0v) is 15.4. The maximum atomic E-state index is 12.7. The van der Waals surface area contributed by atoms with E-state index in [1.165, 1.54) is 40.9 Å². The molecule has 2 atom stereocenters. The number of amides is 1. The average Bonchev–Trinajstić information content (AvgIpc) is 3.04. The molecule has 1 aliphatic heterocycles. The predicted molar refractivity (Wildman–Crippen MR) is 102 cm³/mol. The summed E-state index contributed by atoms with van der Waals surface area (Å²) in [6, 6.07) is 9.68. The molecule has 4 rings (SSSR count). The number of nitrogens with zero attached hydrogens (tertiary/aromatic N) is 1. The second kappa shape index (κ2) is 6.41. The number of carbonyl (C=O) groups excluding carboxylic acids is 2. The van der Waals surface area contributed by atoms with Gasteiger partial charge in [-0.2, -0.15) is 0 Å². The summed E-state index contributed by atoms with van der Waals surface area (Å²) in [4.78, 5) is 25.4. The lowest BCUT2D eigenvalue weighted by molar-refractivity contribution is -0.255. The second-order valence-corrected chi connectivity index (χ2v) is 8.09. The van der Waals surface area contributed by atoms with Crippen molar-refractivity contribution in [1.82, 2.24) is 0 Å². The summed E-state index contributed by atoms with van der Waals surface area (Å²) in [6.45, 7) is 2.18. The molecule has 0 radical (unpaired) electrons. The summed E-state index contributed by atoms with van der Waals surface area (Å²) in [6.07, 6.45) is 2.84. The van der Waals surface area contributed by atoms with Crippen LogP contribution >= 0.6 is 24.0 Å². The van der Waals surface area contributed by atoms with E-state index in [0.717, 1.165) is 12.2 Å². The normalized spacial score (nSPS) is 23.7. The number of anilines is 1. The van der Waals surface area contributed by atoms with Gasteiger partial charge in [0.05, 0.1) is 16.6 Å². The van der Waals surface area contributed by atoms with E-state index in [4.69, 9.17) is 16.6 Å². The first-order valence-electron chi connectivity index (χ1n) is 8.13. The van der Waals surface area contributed by atoms with Gasteiger partial charge in [0.15, 0.2) is 4.32 Å². The zero-order chi connectivity index (χ0) is 18.4. The molecule has 0 unspecified atom stereocenters. The maximum Gasteiger partial charge on any atom is 0.270 e. The highest BCUT2D eigenvalue weighted by atomic mass is 32.2. The Hall–Kier alpha value is -2.38. The summed E-state index contributed by atoms with van der Waals surface area (Å²) >= 11 is 6.51. The number of thioether (sulfide) groups is 1. The van der Waals surface area contributed by atoms with Crippen LogP contribution in [0.3, 0.4) is 0 Å². The molecule has 7 heteroatoms. The van der Waals surface area contributed by atoms with E-state index < -0.39 is 5.97 Å². The van der Waals surface area contributed by atoms with E-state index in [-0.39, 0.29) is 11.5 Å². The topological polar surface area (TPSA) is 73.6 Å². The summed E-state index contributed by atoms with van der Waals surface area (Å²) in [5, 5.41) is 10.9. The van der Waals surface area contributed by atoms with Gasteiger partial charge in [-0.15, -0.1) is 0 Å². The van der Waals surface area contributed by atoms with Crippen LogP contribution in [0.4, 0.5) is 5.69 Å². The third kappa shape index (κ3) is 3.08. The first-order chi connectivity index (χ1) is 12.4. The fraction of sp³-hybridized carbons (Fsp3) is 0.211. The summed E-state index contributed by atoms with van der Waals surface area (Å²) in [5.41, 5.74) is 0.569. The lowest BCUT2D eigenvalue weighted by Gasteiger charge is -2.15. The van der Waals surface area contributed by atoms with Gasteiger partial charge in [0.2, 0.25) is 0 Å². The average molecular weight is 384 g/mol. The van der Waals surface area contributed by atoms with Gasteiger partial charge in [-0.3, -0.25) is 9.69 Å². The number of hydrogen-bond donors (Lipinski definition) is 0. The van der Waals surface area contributed by atoms with E-state index >= 15 is 0 Å². The van der Waals surface area contributed by atoms with Crippen molar-refractivity contribution >= 4 is 51.9 Å². The van der Waals surface area contributed by atoms with Gasteiger partial charge in [-0.05, 0) is 42.2 Å². The quantitative estimate of drug-likeness (QED) is 0.595. The SMILES string of the molecule is C[C@H]1C[C@H]1c1ccc(/C=C2\SC(=S)N(c3ccc(C(=O)[O-])cc3)C2=O)o1. The van der Waals surface area contributed by atoms with Crippen molar-refractivity contribution in [2.75, 3.05) is 4.90 Å². The second-order valence-electron chi connectivity index (χ2n) is 6.41. The number of rotatable bonds is 4. The van der Waals surface area contributed by atoms with Crippen LogP contribution in [0.1, 0.15) is 41.1 Å². The standard InChI is InChI=1S/C19H15NO4S2/c1-10-8-14(10)15-7-6-13(24-15)9-16-17(21)20(19(25)26-16)12-4-2-11(3-5-12)18(22)23/h2-7,9-10,14H,8H2,1H3,(H,22,23)/p-1/b16-9-/t10-,14+/m0/s1. The number of aromatic carboxylic acids is 1. The molecule has 1 aliphatic carbocycles. The number of carbonyl (C=O) groups is 2. The number of carboxylic acids is 1. The molecule has 0 bridgehead atoms. The monoisotopic (exact) mass is 384 g/mol. The van der Waals surface area contributed by atoms with E-state index in [9.17, 15) is 14.7 Å². The Labute approximate surface area is 159 Å². The van der Waals surface area contributed by atoms with Crippen molar-refractivity contribution in [3.8, 4) is 0 Å². The molecule has 26 heavy (non-hydrogen) atoms. The minimum Gasteiger partial charge on any atom is -0.545 e. The molecular weight excluding hydrogens is 370 g/mol. The van der Waals surface area contributed by atoms with E-state index in [1.54, 1.807) is 6.08 Å². The molecule has 2 heterocycles. The third-order valence-corrected chi connectivity index (χ3v) is 5.85. The van der Waals surface area contributed by atoms with Crippen molar-refractivity contribution < 1.29 is 19.1 Å². The maximum absolute atomic E-state index is 12.7. The lowest BCUT2D eigenvalue weighted by Crippen LogP contribution is -2.28. The van der Waals surface area contributed by atoms with Crippen LogP contribution in [0.5, 0.6) is 0 Å². The van der Waals surface area contributed by atoms with Crippen LogP contribution < -0.4 is 10.0 Å². The fourth-order valence-electron chi connectivity index (χ4n) is 2.93. The fourth-order valence-corrected chi connectivity index (χ4v) is 4.21. The summed E-state index contributed by atoms with van der Waals surface area (Å²) in [7, 11) is 0. The van der Waals surface area contributed by atoms with Crippen LogP contribution in [0.2, 0.25) is 0 Å². The van der Waals surface area contributed by atoms with Crippen molar-refractivity contribution in [2.24, 2.45) is 5.92 Å². The Bertz CT molecular complexity index is 945. The summed E-state index contributed by atoms with van der Waals surface area (Å²) < 4.78 is 6.22. The number of benzene rings is 1. The molecule has 1 aromatic heterocycles. The van der Waals surface area contributed by atoms with Crippen LogP contribution in [-0.4, -0.2) is 16.2 Å². The van der Waals surface area contributed by atoms with Crippen molar-refractivity contribution in [2.45, 2.75) is 19.3 Å². The molecule has 0 N–H and O–H groups in total. The minimum atomic E-state index is -1.26. The van der Waals surface area contributed by atoms with E-state index in [0.29, 0.717) is 32.5 Å². The number of thiocarbonyl (C=S) groups is 1. The molecule has 1 amide bonds. The first-order valence-corrected chi connectivity index (χ1v) is 9.35. The van der Waals surface area contributed by atoms with Gasteiger partial charge >= 0.3 is 0 Å². The first kappa shape index (κ1) is 17.1. The Balaban J connectivity index is 1.56. The van der Waals surface area contributed by atoms with E-state index in [1.807, 2.05) is 12.1 Å². The molecule has 5 nitrogen and oxygen atoms in total. The van der Waals surface area contributed by atoms with Gasteiger partial charge in [-0.1, -0.05) is 43.0 Å². The molecule has 0 spiro atoms. The Morgan fingerprint density at radius 3 is 2.62 bits per heavy atom. The lowest BCUT2D eigenvalue weighted by atomic mass is 10.2. The van der Waals surface area contributed by atoms with Gasteiger partial charge in [0.25, 0.3) is 5.91 Å². The van der Waals surface area contributed by atoms with Crippen molar-refractivity contribution in [3.63, 3.8) is 0 Å². The smallest absolute Gasteiger partial charge is 0.270 e. The highest BCUT2D eigenvalue weighted by Gasteiger charge is 2.37. The Kier molecular flexibility index (Phi) is 4.20. The molecule has 1 saturated carbocycles. The molecular formula is C19H14NO4S2-. The van der Waals surface area contributed by atoms with Gasteiger partial charge in [-0.25, -0.2) is 0 Å². The molecule has 1 saturated heterocycles. The third-order valence-electron chi connectivity index (χ3n) is 4.55. The van der Waals surface area contributed by atoms with Crippen LogP contribution in [0.15, 0.2) is 45.7 Å². The Morgan fingerprint density at radius 2 is 2.00 bits per heavy atom. The summed E-state index contributed by atoms with van der Waals surface area (Å²) in [5.74, 6) is 1.20. The van der Waals surface area contributed by atoms with Gasteiger partial charge in [0, 0.05) is 12.0 Å². The number of hydrogen-bond acceptors (Lipinski definition) is 6. The predicted octanol–water partition coefficient (Wildman–Crippen LogP) is 3.17. The van der Waals surface area contributed by atoms with E-state index in [2.05, 4.69) is 6.92 Å². The van der Waals surface area contributed by atoms with Crippen molar-refractivity contribution in [1.29, 1.82) is 0 Å². The van der Waals surface area contributed by atoms with Crippen molar-refractivity contribution in [3.05, 3.63) is 58.4 Å². The molecule has 2 aromatic rings. The van der Waals surface area contributed by atoms with Gasteiger partial charge in [0.1, 0.15) is 11.5 Å². The molecule has 132 valence electrons. The van der Waals surface area contributed by atoms with Crippen LogP contribution in [0.25, 0.3) is 6.08 Å². The largest absolute Gasteiger partial charge is 0.545 e. The molecule has 1 aromatic carbocycles. The number of carboxylic acid groups (broad SMARTS) is 1. The highest BCUT2D eigenvalue weighted by molar-refractivity contribution is 8.27. The molecule has 2 aliphatic rings.